The average molecular weight is 451 g/mol. The molecule has 0 atom stereocenters. The molecule has 2 aromatic rings. The number of nitriles is 1. The third-order valence-electron chi connectivity index (χ3n) is 5.41. The van der Waals surface area contributed by atoms with Crippen molar-refractivity contribution in [1.29, 1.82) is 5.26 Å². The molecule has 0 unspecified atom stereocenters. The van der Waals surface area contributed by atoms with Gasteiger partial charge in [-0.1, -0.05) is 13.8 Å². The van der Waals surface area contributed by atoms with E-state index in [1.165, 1.54) is 6.08 Å². The van der Waals surface area contributed by atoms with Crippen molar-refractivity contribution in [2.24, 2.45) is 5.92 Å². The number of carbonyl (C=O) groups is 2. The molecular weight excluding hydrogens is 416 g/mol. The minimum absolute atomic E-state index is 0.142. The number of hydrogen-bond donors (Lipinski definition) is 1. The molecule has 0 radical (unpaired) electrons. The summed E-state index contributed by atoms with van der Waals surface area (Å²) in [5.74, 6) is -0.816. The molecule has 7 nitrogen and oxygen atoms in total. The minimum Gasteiger partial charge on any atom is -0.451 e. The van der Waals surface area contributed by atoms with E-state index in [1.54, 1.807) is 12.1 Å². The second-order valence-corrected chi connectivity index (χ2v) is 8.34. The van der Waals surface area contributed by atoms with Gasteiger partial charge in [0.1, 0.15) is 11.6 Å². The van der Waals surface area contributed by atoms with E-state index in [0.29, 0.717) is 11.6 Å². The van der Waals surface area contributed by atoms with Crippen LogP contribution in [0.2, 0.25) is 0 Å². The topological polar surface area (TPSA) is 87.4 Å². The van der Waals surface area contributed by atoms with Crippen LogP contribution >= 0.6 is 0 Å². The number of anilines is 2. The molecule has 0 aliphatic carbocycles. The van der Waals surface area contributed by atoms with Crippen LogP contribution in [0.5, 0.6) is 0 Å². The van der Waals surface area contributed by atoms with E-state index >= 15 is 0 Å². The van der Waals surface area contributed by atoms with Gasteiger partial charge in [0.2, 0.25) is 0 Å². The Morgan fingerprint density at radius 2 is 1.82 bits per heavy atom. The molecule has 0 spiro atoms. The van der Waals surface area contributed by atoms with Gasteiger partial charge in [-0.2, -0.15) is 5.26 Å². The van der Waals surface area contributed by atoms with Crippen molar-refractivity contribution < 1.29 is 14.3 Å². The molecule has 0 saturated carbocycles. The quantitative estimate of drug-likeness (QED) is 0.322. The Morgan fingerprint density at radius 3 is 2.36 bits per heavy atom. The fourth-order valence-corrected chi connectivity index (χ4v) is 3.66. The van der Waals surface area contributed by atoms with Crippen LogP contribution in [-0.4, -0.2) is 36.1 Å². The number of aryl methyl sites for hydroxylation is 1. The maximum absolute atomic E-state index is 12.4. The van der Waals surface area contributed by atoms with Gasteiger partial charge >= 0.3 is 5.97 Å². The van der Waals surface area contributed by atoms with Crippen molar-refractivity contribution >= 4 is 29.3 Å². The Kier molecular flexibility index (Phi) is 9.29. The van der Waals surface area contributed by atoms with E-state index in [2.05, 4.69) is 42.5 Å². The third-order valence-corrected chi connectivity index (χ3v) is 5.41. The number of ether oxygens (including phenoxy) is 1. The number of nitrogens with zero attached hydrogens (tertiary/aromatic N) is 3. The number of rotatable bonds is 10. The predicted molar refractivity (Wildman–Crippen MR) is 132 cm³/mol. The first kappa shape index (κ1) is 25.7. The van der Waals surface area contributed by atoms with Crippen LogP contribution in [0.3, 0.4) is 0 Å². The molecule has 176 valence electrons. The van der Waals surface area contributed by atoms with E-state index in [0.717, 1.165) is 42.3 Å². The highest BCUT2D eigenvalue weighted by atomic mass is 16.5. The van der Waals surface area contributed by atoms with Crippen LogP contribution in [0.25, 0.3) is 6.08 Å². The maximum atomic E-state index is 12.4. The lowest BCUT2D eigenvalue weighted by Gasteiger charge is -2.21. The number of amides is 1. The van der Waals surface area contributed by atoms with E-state index in [1.807, 2.05) is 38.1 Å². The molecule has 0 aliphatic rings. The van der Waals surface area contributed by atoms with Gasteiger partial charge in [-0.05, 0) is 75.6 Å². The fourth-order valence-electron chi connectivity index (χ4n) is 3.66. The zero-order valence-electron chi connectivity index (χ0n) is 20.4. The summed E-state index contributed by atoms with van der Waals surface area (Å²) in [6.45, 7) is 14.6. The minimum atomic E-state index is -0.821. The van der Waals surface area contributed by atoms with Crippen molar-refractivity contribution in [2.45, 2.75) is 48.1 Å². The first-order valence-corrected chi connectivity index (χ1v) is 11.3. The van der Waals surface area contributed by atoms with Crippen molar-refractivity contribution in [3.63, 3.8) is 0 Å². The largest absolute Gasteiger partial charge is 0.451 e. The van der Waals surface area contributed by atoms with Gasteiger partial charge in [0, 0.05) is 42.4 Å². The summed E-state index contributed by atoms with van der Waals surface area (Å²) in [5.41, 5.74) is 4.37. The van der Waals surface area contributed by atoms with Crippen LogP contribution in [0, 0.1) is 31.1 Å². The zero-order chi connectivity index (χ0) is 24.5. The summed E-state index contributed by atoms with van der Waals surface area (Å²) < 4.78 is 7.25. The molecule has 1 aromatic carbocycles. The number of nitrogens with one attached hydrogen (secondary N) is 1. The molecular formula is C26H34N4O3. The molecule has 0 bridgehead atoms. The Bertz CT molecular complexity index is 1040. The molecule has 1 aromatic heterocycles. The van der Waals surface area contributed by atoms with Gasteiger partial charge in [-0.25, -0.2) is 4.79 Å². The highest BCUT2D eigenvalue weighted by Gasteiger charge is 2.16. The summed E-state index contributed by atoms with van der Waals surface area (Å²) in [4.78, 5) is 26.8. The highest BCUT2D eigenvalue weighted by Crippen LogP contribution is 2.20. The first-order valence-electron chi connectivity index (χ1n) is 11.3. The average Bonchev–Trinajstić information content (AvgIpc) is 3.04. The molecule has 7 heteroatoms. The van der Waals surface area contributed by atoms with Crippen LogP contribution in [-0.2, 0) is 20.9 Å². The monoisotopic (exact) mass is 450 g/mol. The van der Waals surface area contributed by atoms with Crippen LogP contribution in [0.15, 0.2) is 35.9 Å². The summed E-state index contributed by atoms with van der Waals surface area (Å²) in [6.07, 6.45) is 1.52. The summed E-state index contributed by atoms with van der Waals surface area (Å²) >= 11 is 0. The molecule has 1 N–H and O–H groups in total. The standard InChI is InChI=1S/C26H34N4O3/c1-7-29(8-2)24-11-9-23(10-12-24)28-25(31)17-33-26(32)22(15-27)14-21-13-19(5)30(20(21)6)16-18(3)4/h9-14,18H,7-8,16-17H2,1-6H3,(H,28,31). The first-order chi connectivity index (χ1) is 15.7. The van der Waals surface area contributed by atoms with E-state index < -0.39 is 18.5 Å². The number of carbonyl (C=O) groups excluding carboxylic acids is 2. The van der Waals surface area contributed by atoms with Gasteiger partial charge in [0.15, 0.2) is 6.61 Å². The molecule has 2 rings (SSSR count). The van der Waals surface area contributed by atoms with Gasteiger partial charge < -0.3 is 19.5 Å². The summed E-state index contributed by atoms with van der Waals surface area (Å²) in [5, 5.41) is 12.2. The summed E-state index contributed by atoms with van der Waals surface area (Å²) in [7, 11) is 0. The molecule has 33 heavy (non-hydrogen) atoms. The number of hydrogen-bond acceptors (Lipinski definition) is 5. The lowest BCUT2D eigenvalue weighted by molar-refractivity contribution is -0.142. The van der Waals surface area contributed by atoms with Crippen molar-refractivity contribution in [1.82, 2.24) is 4.57 Å². The normalized spacial score (nSPS) is 11.3. The van der Waals surface area contributed by atoms with Crippen LogP contribution < -0.4 is 10.2 Å². The second-order valence-electron chi connectivity index (χ2n) is 8.34. The SMILES string of the molecule is CCN(CC)c1ccc(NC(=O)COC(=O)C(C#N)=Cc2cc(C)n(CC(C)C)c2C)cc1. The molecule has 1 heterocycles. The second kappa shape index (κ2) is 11.9. The highest BCUT2D eigenvalue weighted by molar-refractivity contribution is 6.00. The van der Waals surface area contributed by atoms with Crippen LogP contribution in [0.4, 0.5) is 11.4 Å². The Hall–Kier alpha value is -3.53. The molecule has 0 aliphatic heterocycles. The smallest absolute Gasteiger partial charge is 0.349 e. The fraction of sp³-hybridized carbons (Fsp3) is 0.423. The van der Waals surface area contributed by atoms with Crippen molar-refractivity contribution in [3.05, 3.63) is 52.9 Å². The number of benzene rings is 1. The van der Waals surface area contributed by atoms with E-state index in [-0.39, 0.29) is 5.57 Å². The maximum Gasteiger partial charge on any atom is 0.349 e. The van der Waals surface area contributed by atoms with Crippen LogP contribution in [0.1, 0.15) is 44.6 Å². The van der Waals surface area contributed by atoms with Gasteiger partial charge in [0.05, 0.1) is 0 Å². The van der Waals surface area contributed by atoms with Gasteiger partial charge in [0.25, 0.3) is 5.91 Å². The van der Waals surface area contributed by atoms with Crippen molar-refractivity contribution in [3.8, 4) is 6.07 Å². The predicted octanol–water partition coefficient (Wildman–Crippen LogP) is 4.70. The van der Waals surface area contributed by atoms with E-state index in [9.17, 15) is 14.9 Å². The molecule has 0 saturated heterocycles. The van der Waals surface area contributed by atoms with Gasteiger partial charge in [-0.3, -0.25) is 4.79 Å². The lowest BCUT2D eigenvalue weighted by atomic mass is 10.1. The van der Waals surface area contributed by atoms with Crippen molar-refractivity contribution in [2.75, 3.05) is 29.9 Å². The zero-order valence-corrected chi connectivity index (χ0v) is 20.4. The Labute approximate surface area is 196 Å². The van der Waals surface area contributed by atoms with Gasteiger partial charge in [-0.15, -0.1) is 0 Å². The lowest BCUT2D eigenvalue weighted by Crippen LogP contribution is -2.22. The third kappa shape index (κ3) is 6.98. The Balaban J connectivity index is 2.00. The van der Waals surface area contributed by atoms with E-state index in [4.69, 9.17) is 4.74 Å². The Morgan fingerprint density at radius 1 is 1.18 bits per heavy atom. The molecule has 1 amide bonds. The summed E-state index contributed by atoms with van der Waals surface area (Å²) in [6, 6.07) is 11.3. The number of esters is 1. The molecule has 0 fully saturated rings. The number of aromatic nitrogens is 1.